The largest absolute Gasteiger partial charge is 0.384 e. The van der Waals surface area contributed by atoms with Gasteiger partial charge in [0, 0.05) is 17.6 Å². The maximum absolute atomic E-state index is 3.54. The molecular weight excluding hydrogens is 170 g/mol. The Morgan fingerprint density at radius 3 is 2.86 bits per heavy atom. The summed E-state index contributed by atoms with van der Waals surface area (Å²) in [5, 5.41) is 3.54. The first-order valence-electron chi connectivity index (χ1n) is 5.51. The van der Waals surface area contributed by atoms with E-state index >= 15 is 0 Å². The predicted molar refractivity (Wildman–Crippen MR) is 62.0 cm³/mol. The summed E-state index contributed by atoms with van der Waals surface area (Å²) < 4.78 is 0. The summed E-state index contributed by atoms with van der Waals surface area (Å²) in [6.07, 6.45) is 2.41. The average Bonchev–Trinajstić information content (AvgIpc) is 2.45. The van der Waals surface area contributed by atoms with Gasteiger partial charge in [-0.2, -0.15) is 0 Å². The van der Waals surface area contributed by atoms with Crippen LogP contribution in [-0.2, 0) is 11.8 Å². The highest BCUT2D eigenvalue weighted by Gasteiger charge is 2.30. The third-order valence-electron chi connectivity index (χ3n) is 3.11. The van der Waals surface area contributed by atoms with Gasteiger partial charge >= 0.3 is 0 Å². The molecule has 0 radical (unpaired) electrons. The highest BCUT2D eigenvalue weighted by atomic mass is 14.9. The van der Waals surface area contributed by atoms with Crippen LogP contribution in [0, 0.1) is 0 Å². The molecule has 14 heavy (non-hydrogen) atoms. The molecule has 1 heterocycles. The SMILES string of the molecule is CCCc1cccc2c1NCC2(C)C. The van der Waals surface area contributed by atoms with Crippen LogP contribution < -0.4 is 5.32 Å². The lowest BCUT2D eigenvalue weighted by atomic mass is 9.86. The zero-order chi connectivity index (χ0) is 10.2. The molecule has 0 aliphatic carbocycles. The summed E-state index contributed by atoms with van der Waals surface area (Å²) in [5.41, 5.74) is 4.68. The summed E-state index contributed by atoms with van der Waals surface area (Å²) in [7, 11) is 0. The molecule has 1 aliphatic heterocycles. The minimum absolute atomic E-state index is 0.305. The van der Waals surface area contributed by atoms with Gasteiger partial charge in [0.1, 0.15) is 0 Å². The molecule has 0 saturated heterocycles. The predicted octanol–water partition coefficient (Wildman–Crippen LogP) is 3.34. The molecule has 1 nitrogen and oxygen atoms in total. The van der Waals surface area contributed by atoms with Gasteiger partial charge in [-0.25, -0.2) is 0 Å². The van der Waals surface area contributed by atoms with Crippen LogP contribution in [-0.4, -0.2) is 6.54 Å². The minimum Gasteiger partial charge on any atom is -0.384 e. The Balaban J connectivity index is 2.45. The Hall–Kier alpha value is -0.980. The number of aryl methyl sites for hydroxylation is 1. The molecule has 1 aromatic carbocycles. The van der Waals surface area contributed by atoms with Crippen molar-refractivity contribution in [2.75, 3.05) is 11.9 Å². The van der Waals surface area contributed by atoms with Crippen LogP contribution in [0.1, 0.15) is 38.3 Å². The number of hydrogen-bond acceptors (Lipinski definition) is 1. The van der Waals surface area contributed by atoms with E-state index in [1.807, 2.05) is 0 Å². The summed E-state index contributed by atoms with van der Waals surface area (Å²) in [5.74, 6) is 0. The van der Waals surface area contributed by atoms with E-state index in [0.29, 0.717) is 5.41 Å². The number of fused-ring (bicyclic) bond motifs is 1. The number of nitrogens with one attached hydrogen (secondary N) is 1. The monoisotopic (exact) mass is 189 g/mol. The van der Waals surface area contributed by atoms with Crippen molar-refractivity contribution < 1.29 is 0 Å². The van der Waals surface area contributed by atoms with Gasteiger partial charge < -0.3 is 5.32 Å². The first-order valence-corrected chi connectivity index (χ1v) is 5.51. The van der Waals surface area contributed by atoms with Crippen molar-refractivity contribution in [1.29, 1.82) is 0 Å². The van der Waals surface area contributed by atoms with E-state index in [2.05, 4.69) is 44.3 Å². The van der Waals surface area contributed by atoms with Crippen LogP contribution in [0.3, 0.4) is 0 Å². The zero-order valence-electron chi connectivity index (χ0n) is 9.35. The van der Waals surface area contributed by atoms with Crippen LogP contribution >= 0.6 is 0 Å². The molecule has 0 aromatic heterocycles. The molecule has 0 amide bonds. The van der Waals surface area contributed by atoms with Crippen molar-refractivity contribution in [3.05, 3.63) is 29.3 Å². The number of rotatable bonds is 2. The Morgan fingerprint density at radius 2 is 2.14 bits per heavy atom. The molecule has 0 bridgehead atoms. The van der Waals surface area contributed by atoms with Gasteiger partial charge in [0.05, 0.1) is 0 Å². The van der Waals surface area contributed by atoms with Gasteiger partial charge in [-0.3, -0.25) is 0 Å². The maximum Gasteiger partial charge on any atom is 0.0411 e. The molecular formula is C13H19N. The molecule has 1 aromatic rings. The second-order valence-electron chi connectivity index (χ2n) is 4.83. The quantitative estimate of drug-likeness (QED) is 0.752. The standard InChI is InChI=1S/C13H19N/c1-4-6-10-7-5-8-11-12(10)14-9-13(11,2)3/h5,7-8,14H,4,6,9H2,1-3H3. The van der Waals surface area contributed by atoms with Crippen LogP contribution in [0.15, 0.2) is 18.2 Å². The van der Waals surface area contributed by atoms with E-state index in [4.69, 9.17) is 0 Å². The van der Waals surface area contributed by atoms with Crippen LogP contribution in [0.4, 0.5) is 5.69 Å². The minimum atomic E-state index is 0.305. The fourth-order valence-corrected chi connectivity index (χ4v) is 2.26. The molecule has 0 spiro atoms. The number of benzene rings is 1. The van der Waals surface area contributed by atoms with Gasteiger partial charge in [0.15, 0.2) is 0 Å². The van der Waals surface area contributed by atoms with Crippen molar-refractivity contribution in [1.82, 2.24) is 0 Å². The van der Waals surface area contributed by atoms with E-state index in [1.165, 1.54) is 29.7 Å². The lowest BCUT2D eigenvalue weighted by Gasteiger charge is -2.17. The summed E-state index contributed by atoms with van der Waals surface area (Å²) in [6, 6.07) is 6.70. The molecule has 1 N–H and O–H groups in total. The number of para-hydroxylation sites is 1. The van der Waals surface area contributed by atoms with E-state index in [0.717, 1.165) is 6.54 Å². The fraction of sp³-hybridized carbons (Fsp3) is 0.538. The molecule has 0 fully saturated rings. The van der Waals surface area contributed by atoms with E-state index in [1.54, 1.807) is 0 Å². The number of hydrogen-bond donors (Lipinski definition) is 1. The van der Waals surface area contributed by atoms with E-state index in [-0.39, 0.29) is 0 Å². The van der Waals surface area contributed by atoms with Crippen molar-refractivity contribution in [2.45, 2.75) is 39.0 Å². The molecule has 1 aliphatic rings. The Bertz CT molecular complexity index is 339. The lowest BCUT2D eigenvalue weighted by molar-refractivity contribution is 0.586. The highest BCUT2D eigenvalue weighted by Crippen LogP contribution is 2.38. The second-order valence-corrected chi connectivity index (χ2v) is 4.83. The van der Waals surface area contributed by atoms with Gasteiger partial charge in [-0.15, -0.1) is 0 Å². The Labute approximate surface area is 86.5 Å². The van der Waals surface area contributed by atoms with Crippen LogP contribution in [0.2, 0.25) is 0 Å². The average molecular weight is 189 g/mol. The zero-order valence-corrected chi connectivity index (χ0v) is 9.35. The highest BCUT2D eigenvalue weighted by molar-refractivity contribution is 5.64. The van der Waals surface area contributed by atoms with Crippen molar-refractivity contribution >= 4 is 5.69 Å². The van der Waals surface area contributed by atoms with Crippen molar-refractivity contribution in [2.24, 2.45) is 0 Å². The second kappa shape index (κ2) is 3.30. The first-order chi connectivity index (χ1) is 6.65. The molecule has 1 heteroatoms. The third-order valence-corrected chi connectivity index (χ3v) is 3.11. The van der Waals surface area contributed by atoms with Gasteiger partial charge in [-0.1, -0.05) is 45.4 Å². The Kier molecular flexibility index (Phi) is 2.26. The number of anilines is 1. The molecule has 0 atom stereocenters. The summed E-state index contributed by atoms with van der Waals surface area (Å²) >= 11 is 0. The van der Waals surface area contributed by atoms with E-state index < -0.39 is 0 Å². The molecule has 0 unspecified atom stereocenters. The topological polar surface area (TPSA) is 12.0 Å². The van der Waals surface area contributed by atoms with Gasteiger partial charge in [0.2, 0.25) is 0 Å². The summed E-state index contributed by atoms with van der Waals surface area (Å²) in [6.45, 7) is 7.92. The Morgan fingerprint density at radius 1 is 1.36 bits per heavy atom. The maximum atomic E-state index is 3.54. The van der Waals surface area contributed by atoms with Gasteiger partial charge in [-0.05, 0) is 17.5 Å². The molecule has 2 rings (SSSR count). The fourth-order valence-electron chi connectivity index (χ4n) is 2.26. The molecule has 0 saturated carbocycles. The third kappa shape index (κ3) is 1.41. The summed E-state index contributed by atoms with van der Waals surface area (Å²) in [4.78, 5) is 0. The van der Waals surface area contributed by atoms with E-state index in [9.17, 15) is 0 Å². The van der Waals surface area contributed by atoms with Crippen molar-refractivity contribution in [3.63, 3.8) is 0 Å². The van der Waals surface area contributed by atoms with Crippen LogP contribution in [0.5, 0.6) is 0 Å². The van der Waals surface area contributed by atoms with Gasteiger partial charge in [0.25, 0.3) is 0 Å². The van der Waals surface area contributed by atoms with Crippen molar-refractivity contribution in [3.8, 4) is 0 Å². The normalized spacial score (nSPS) is 17.6. The lowest BCUT2D eigenvalue weighted by Crippen LogP contribution is -2.18. The van der Waals surface area contributed by atoms with Crippen LogP contribution in [0.25, 0.3) is 0 Å². The molecule has 76 valence electrons. The smallest absolute Gasteiger partial charge is 0.0411 e. The first kappa shape index (κ1) is 9.57.